The number of nitrogens with two attached hydrogens (primary N) is 1. The molecule has 0 fully saturated rings. The van der Waals surface area contributed by atoms with Gasteiger partial charge in [0, 0.05) is 5.92 Å². The zero-order valence-corrected chi connectivity index (χ0v) is 18.2. The first kappa shape index (κ1) is 24.8. The minimum absolute atomic E-state index is 0.124. The van der Waals surface area contributed by atoms with Gasteiger partial charge in [-0.1, -0.05) is 103 Å². The summed E-state index contributed by atoms with van der Waals surface area (Å²) in [7, 11) is 0. The number of hydrogen-bond donors (Lipinski definition) is 1. The van der Waals surface area contributed by atoms with Crippen LogP contribution in [0.1, 0.15) is 84.3 Å². The molecule has 2 nitrogen and oxygen atoms in total. The molecule has 0 aliphatic heterocycles. The molecule has 0 saturated heterocycles. The summed E-state index contributed by atoms with van der Waals surface area (Å²) in [5.74, 6) is 1.51. The molecule has 0 spiro atoms. The van der Waals surface area contributed by atoms with E-state index in [1.807, 2.05) is 6.92 Å². The van der Waals surface area contributed by atoms with Gasteiger partial charge < -0.3 is 5.73 Å². The molecule has 1 aromatic carbocycles. The molecule has 1 aromatic rings. The second-order valence-corrected chi connectivity index (χ2v) is 7.71. The molecule has 2 atom stereocenters. The van der Waals surface area contributed by atoms with Gasteiger partial charge in [0.15, 0.2) is 0 Å². The van der Waals surface area contributed by atoms with Crippen LogP contribution in [-0.2, 0) is 11.2 Å². The second kappa shape index (κ2) is 15.0. The Hall–Kier alpha value is -1.15. The van der Waals surface area contributed by atoms with E-state index in [4.69, 9.17) is 5.73 Å². The monoisotopic (exact) mass is 361 g/mol. The summed E-state index contributed by atoms with van der Waals surface area (Å²) in [5.41, 5.74) is 8.24. The van der Waals surface area contributed by atoms with Gasteiger partial charge >= 0.3 is 0 Å². The van der Waals surface area contributed by atoms with E-state index in [0.29, 0.717) is 11.8 Å². The van der Waals surface area contributed by atoms with Crippen LogP contribution in [0.15, 0.2) is 24.3 Å². The highest BCUT2D eigenvalue weighted by Crippen LogP contribution is 2.30. The Bertz CT molecular complexity index is 475. The molecule has 0 aliphatic carbocycles. The van der Waals surface area contributed by atoms with Gasteiger partial charge in [-0.25, -0.2) is 0 Å². The molecule has 0 amide bonds. The summed E-state index contributed by atoms with van der Waals surface area (Å²) in [6.07, 6.45) is 8.72. The van der Waals surface area contributed by atoms with Crippen LogP contribution in [0.2, 0.25) is 0 Å². The molecule has 1 rings (SSSR count). The molecular weight excluding hydrogens is 318 g/mol. The molecule has 0 radical (unpaired) electrons. The normalized spacial score (nSPS) is 13.1. The van der Waals surface area contributed by atoms with Crippen molar-refractivity contribution in [2.24, 2.45) is 23.5 Å². The fourth-order valence-electron chi connectivity index (χ4n) is 3.42. The number of aryl methyl sites for hydroxylation is 2. The lowest BCUT2D eigenvalue weighted by Crippen LogP contribution is -2.30. The molecule has 2 N–H and O–H groups in total. The lowest BCUT2D eigenvalue weighted by Gasteiger charge is -2.28. The number of Topliss-reactive ketones (excluding diaryl/α,β-unsaturated/α-hetero) is 1. The fraction of sp³-hybridized carbons (Fsp3) is 0.708. The smallest absolute Gasteiger partial charge is 0.149 e. The van der Waals surface area contributed by atoms with Crippen LogP contribution in [-0.4, -0.2) is 12.3 Å². The van der Waals surface area contributed by atoms with Crippen molar-refractivity contribution < 1.29 is 4.79 Å². The minimum Gasteiger partial charge on any atom is -0.324 e. The maximum Gasteiger partial charge on any atom is 0.149 e. The number of carbonyl (C=O) groups excluding carboxylic acids is 1. The number of rotatable bonds is 11. The van der Waals surface area contributed by atoms with Crippen molar-refractivity contribution >= 4 is 5.78 Å². The summed E-state index contributed by atoms with van der Waals surface area (Å²) in [4.78, 5) is 11.7. The van der Waals surface area contributed by atoms with Crippen molar-refractivity contribution in [2.45, 2.75) is 86.5 Å². The Morgan fingerprint density at radius 1 is 1.04 bits per heavy atom. The third kappa shape index (κ3) is 10.1. The summed E-state index contributed by atoms with van der Waals surface area (Å²) >= 11 is 0. The summed E-state index contributed by atoms with van der Waals surface area (Å²) in [6.45, 7) is 13.2. The Labute approximate surface area is 163 Å². The van der Waals surface area contributed by atoms with E-state index in [1.165, 1.54) is 49.7 Å². The van der Waals surface area contributed by atoms with Crippen molar-refractivity contribution in [1.82, 2.24) is 0 Å². The van der Waals surface area contributed by atoms with Crippen molar-refractivity contribution in [3.05, 3.63) is 35.4 Å². The largest absolute Gasteiger partial charge is 0.324 e. The maximum absolute atomic E-state index is 11.7. The summed E-state index contributed by atoms with van der Waals surface area (Å²) < 4.78 is 0. The quantitative estimate of drug-likeness (QED) is 0.499. The number of hydrogen-bond acceptors (Lipinski definition) is 2. The third-order valence-electron chi connectivity index (χ3n) is 5.59. The zero-order valence-electron chi connectivity index (χ0n) is 18.2. The summed E-state index contributed by atoms with van der Waals surface area (Å²) in [6, 6.07) is 8.61. The maximum atomic E-state index is 11.7. The van der Waals surface area contributed by atoms with E-state index in [9.17, 15) is 4.79 Å². The van der Waals surface area contributed by atoms with Crippen LogP contribution >= 0.6 is 0 Å². The zero-order chi connectivity index (χ0) is 19.9. The van der Waals surface area contributed by atoms with E-state index in [2.05, 4.69) is 58.9 Å². The van der Waals surface area contributed by atoms with Gasteiger partial charge in [0.25, 0.3) is 0 Å². The van der Waals surface area contributed by atoms with E-state index in [0.717, 1.165) is 6.42 Å². The molecule has 26 heavy (non-hydrogen) atoms. The predicted molar refractivity (Wildman–Crippen MR) is 115 cm³/mol. The average Bonchev–Trinajstić information content (AvgIpc) is 2.66. The van der Waals surface area contributed by atoms with Gasteiger partial charge in [-0.05, 0) is 30.7 Å². The van der Waals surface area contributed by atoms with Crippen molar-refractivity contribution in [3.63, 3.8) is 0 Å². The van der Waals surface area contributed by atoms with Crippen molar-refractivity contribution in [3.8, 4) is 0 Å². The van der Waals surface area contributed by atoms with Gasteiger partial charge in [0.2, 0.25) is 0 Å². The van der Waals surface area contributed by atoms with E-state index < -0.39 is 0 Å². The Kier molecular flexibility index (Phi) is 14.3. The molecule has 0 aromatic heterocycles. The molecule has 150 valence electrons. The molecule has 0 heterocycles. The minimum atomic E-state index is 0.124. The average molecular weight is 362 g/mol. The van der Waals surface area contributed by atoms with Crippen molar-refractivity contribution in [1.29, 1.82) is 0 Å². The third-order valence-corrected chi connectivity index (χ3v) is 5.59. The molecule has 0 saturated carbocycles. The van der Waals surface area contributed by atoms with Crippen LogP contribution in [0, 0.1) is 24.7 Å². The molecule has 0 aliphatic rings. The predicted octanol–water partition coefficient (Wildman–Crippen LogP) is 6.34. The highest BCUT2D eigenvalue weighted by Gasteiger charge is 2.25. The standard InChI is InChI=1S/C15H31NO.C9H12/c1-5-7-9-14(10-8-6-2)12(3)13(4)15(17)11-16;1-3-9-6-4-5-8(2)7-9/h12-14H,5-11,16H2,1-4H3;4-7H,3H2,1-2H3. The number of ketones is 1. The fourth-order valence-corrected chi connectivity index (χ4v) is 3.42. The molecule has 0 bridgehead atoms. The SMILES string of the molecule is CCCCC(CCCC)C(C)C(C)C(=O)CN.CCc1cccc(C)c1. The molecule has 2 unspecified atom stereocenters. The van der Waals surface area contributed by atoms with Crippen molar-refractivity contribution in [2.75, 3.05) is 6.54 Å². The Morgan fingerprint density at radius 2 is 1.62 bits per heavy atom. The summed E-state index contributed by atoms with van der Waals surface area (Å²) in [5, 5.41) is 0. The van der Waals surface area contributed by atoms with Gasteiger partial charge in [0.05, 0.1) is 6.54 Å². The van der Waals surface area contributed by atoms with Crippen LogP contribution in [0.25, 0.3) is 0 Å². The topological polar surface area (TPSA) is 43.1 Å². The number of benzene rings is 1. The lowest BCUT2D eigenvalue weighted by molar-refractivity contribution is -0.123. The Morgan fingerprint density at radius 3 is 2.00 bits per heavy atom. The highest BCUT2D eigenvalue weighted by atomic mass is 16.1. The van der Waals surface area contributed by atoms with Gasteiger partial charge in [0.1, 0.15) is 5.78 Å². The van der Waals surface area contributed by atoms with Crippen LogP contribution in [0.3, 0.4) is 0 Å². The van der Waals surface area contributed by atoms with E-state index in [-0.39, 0.29) is 18.2 Å². The molecular formula is C24H43NO. The van der Waals surface area contributed by atoms with E-state index >= 15 is 0 Å². The second-order valence-electron chi connectivity index (χ2n) is 7.71. The lowest BCUT2D eigenvalue weighted by atomic mass is 9.77. The number of carbonyl (C=O) groups is 1. The van der Waals surface area contributed by atoms with Crippen LogP contribution < -0.4 is 5.73 Å². The first-order valence-electron chi connectivity index (χ1n) is 10.7. The van der Waals surface area contributed by atoms with Crippen LogP contribution in [0.5, 0.6) is 0 Å². The molecule has 2 heteroatoms. The first-order chi connectivity index (χ1) is 12.4. The van der Waals surface area contributed by atoms with Gasteiger partial charge in [-0.2, -0.15) is 0 Å². The van der Waals surface area contributed by atoms with Crippen LogP contribution in [0.4, 0.5) is 0 Å². The van der Waals surface area contributed by atoms with E-state index in [1.54, 1.807) is 0 Å². The number of unbranched alkanes of at least 4 members (excludes halogenated alkanes) is 2. The van der Waals surface area contributed by atoms with Gasteiger partial charge in [-0.15, -0.1) is 0 Å². The Balaban J connectivity index is 0.000000577. The first-order valence-corrected chi connectivity index (χ1v) is 10.7. The van der Waals surface area contributed by atoms with Gasteiger partial charge in [-0.3, -0.25) is 4.79 Å². The highest BCUT2D eigenvalue weighted by molar-refractivity contribution is 5.82.